The minimum atomic E-state index is -0.920. The summed E-state index contributed by atoms with van der Waals surface area (Å²) in [4.78, 5) is 15.7. The molecule has 15 aromatic rings. The van der Waals surface area contributed by atoms with Crippen LogP contribution in [-0.4, -0.2) is 20.1 Å². The molecule has 0 aliphatic carbocycles. The number of rotatable bonds is 9. The third-order valence-electron chi connectivity index (χ3n) is 31.3. The van der Waals surface area contributed by atoms with Crippen LogP contribution in [0, 0.1) is 0 Å². The Labute approximate surface area is 819 Å². The first-order chi connectivity index (χ1) is 64.5. The van der Waals surface area contributed by atoms with Crippen molar-refractivity contribution in [2.45, 2.75) is 248 Å². The molecule has 0 amide bonds. The maximum Gasteiger partial charge on any atom is 0.252 e. The summed E-state index contributed by atoms with van der Waals surface area (Å²) in [5.41, 5.74) is 46.3. The van der Waals surface area contributed by atoms with Crippen LogP contribution in [0.15, 0.2) is 309 Å². The molecule has 0 aromatic heterocycles. The molecule has 0 N–H and O–H groups in total. The minimum Gasteiger partial charge on any atom is -0.311 e. The first-order valence-electron chi connectivity index (χ1n) is 50.2. The van der Waals surface area contributed by atoms with Gasteiger partial charge in [-0.3, -0.25) is 0 Å². The predicted octanol–water partition coefficient (Wildman–Crippen LogP) is 29.0. The van der Waals surface area contributed by atoms with Gasteiger partial charge in [0.05, 0.1) is 0 Å². The predicted molar refractivity (Wildman–Crippen MR) is 595 cm³/mol. The van der Waals surface area contributed by atoms with Gasteiger partial charge in [0.1, 0.15) is 0 Å². The summed E-state index contributed by atoms with van der Waals surface area (Å²) in [6.07, 6.45) is 0. The zero-order valence-electron chi connectivity index (χ0n) is 86.4. The van der Waals surface area contributed by atoms with Gasteiger partial charge in [0.2, 0.25) is 0 Å². The molecule has 0 radical (unpaired) electrons. The van der Waals surface area contributed by atoms with Gasteiger partial charge >= 0.3 is 0 Å². The van der Waals surface area contributed by atoms with E-state index in [1.165, 1.54) is 184 Å². The summed E-state index contributed by atoms with van der Waals surface area (Å²) in [5.74, 6) is 0. The Kier molecular flexibility index (Phi) is 20.8. The molecule has 686 valence electrons. The van der Waals surface area contributed by atoms with Gasteiger partial charge in [-0.05, 0) is 317 Å². The molecule has 0 saturated heterocycles. The van der Waals surface area contributed by atoms with E-state index in [0.29, 0.717) is 0 Å². The molecule has 6 heterocycles. The highest BCUT2D eigenvalue weighted by molar-refractivity contribution is 7.02. The lowest BCUT2D eigenvalue weighted by molar-refractivity contribution is 0.590. The molecule has 6 aliphatic heterocycles. The lowest BCUT2D eigenvalue weighted by Crippen LogP contribution is -2.61. The quantitative estimate of drug-likeness (QED) is 0.105. The summed E-state index contributed by atoms with van der Waals surface area (Å²) in [7, 11) is 0. The molecule has 0 unspecified atom stereocenters. The van der Waals surface area contributed by atoms with Crippen LogP contribution in [0.25, 0.3) is 0 Å². The summed E-state index contributed by atoms with van der Waals surface area (Å²) in [6, 6.07) is 124. The Morgan fingerprint density at radius 3 is 0.474 bits per heavy atom. The monoisotopic (exact) mass is 1790 g/mol. The highest BCUT2D eigenvalue weighted by Crippen LogP contribution is 2.54. The van der Waals surface area contributed by atoms with E-state index in [1.807, 2.05) is 0 Å². The average Bonchev–Trinajstić information content (AvgIpc) is 0.697. The van der Waals surface area contributed by atoms with Crippen LogP contribution < -0.4 is 78.6 Å². The van der Waals surface area contributed by atoms with Gasteiger partial charge in [-0.2, -0.15) is 0 Å². The van der Waals surface area contributed by atoms with Gasteiger partial charge in [0, 0.05) is 108 Å². The van der Waals surface area contributed by atoms with Gasteiger partial charge in [-0.15, -0.1) is 0 Å². The van der Waals surface area contributed by atoms with Crippen LogP contribution in [-0.2, 0) is 54.1 Å². The molecule has 6 nitrogen and oxygen atoms in total. The number of hydrogen-bond acceptors (Lipinski definition) is 6. The highest BCUT2D eigenvalue weighted by atomic mass is 15.2. The summed E-state index contributed by atoms with van der Waals surface area (Å²) in [5, 5.41) is 0. The van der Waals surface area contributed by atoms with E-state index in [-0.39, 0.29) is 68.9 Å². The van der Waals surface area contributed by atoms with E-state index >= 15 is 0 Å². The molecule has 0 saturated carbocycles. The van der Waals surface area contributed by atoms with E-state index in [4.69, 9.17) is 0 Å². The van der Waals surface area contributed by atoms with Crippen LogP contribution in [0.4, 0.5) is 102 Å². The van der Waals surface area contributed by atoms with Crippen LogP contribution >= 0.6 is 0 Å². The highest BCUT2D eigenvalue weighted by Gasteiger charge is 2.51. The van der Waals surface area contributed by atoms with Crippen molar-refractivity contribution in [1.29, 1.82) is 0 Å². The molecule has 6 aliphatic rings. The molecule has 9 heteroatoms. The zero-order valence-corrected chi connectivity index (χ0v) is 86.4. The topological polar surface area (TPSA) is 19.4 Å². The lowest BCUT2D eigenvalue weighted by Gasteiger charge is -2.46. The van der Waals surface area contributed by atoms with Crippen molar-refractivity contribution in [2.75, 3.05) is 29.4 Å². The average molecular weight is 1790 g/mol. The molecular formula is C128H135B3N6. The van der Waals surface area contributed by atoms with E-state index in [9.17, 15) is 0 Å². The van der Waals surface area contributed by atoms with Gasteiger partial charge in [0.15, 0.2) is 0 Å². The number of nitrogens with zero attached hydrogens (tertiary/aromatic N) is 6. The standard InChI is InChI=1S/C128H135B3N6/c1-119(2,3)80-38-56-92(57-39-80)132-104-71-53-86(125(19,20)21)74-101(104)129-98-68-50-89(77-113(98)135(110-35-29-32-107(132)116(110)129)95-62-44-83(45-63-95)122(10,11)12)128(28,90-51-69-99-114(78-90)136(96-64-46-84(47-65-96)123(13,14)15)111-36-30-33-108-117(111)130(99)102-75-87(126(22,23)24)54-72-105(102)133(108)93-58-40-81(41-59-93)120(4,5)6)91-52-70-100-115(79-91)137(97-66-48-85(49-67-97)124(16,17)18)112-37-31-34-109-118(112)131(100)103-76-88(127(25,26)27)55-73-106(103)134(109)94-60-42-82(43-61-94)121(7,8)9/h29-79H,1-28H3. The molecule has 0 atom stereocenters. The molecule has 137 heavy (non-hydrogen) atoms. The van der Waals surface area contributed by atoms with Crippen LogP contribution in [0.2, 0.25) is 0 Å². The van der Waals surface area contributed by atoms with Crippen LogP contribution in [0.3, 0.4) is 0 Å². The van der Waals surface area contributed by atoms with Crippen molar-refractivity contribution in [3.63, 3.8) is 0 Å². The van der Waals surface area contributed by atoms with Crippen molar-refractivity contribution in [3.05, 3.63) is 376 Å². The number of anilines is 18. The van der Waals surface area contributed by atoms with E-state index in [0.717, 1.165) is 34.1 Å². The zero-order chi connectivity index (χ0) is 96.8. The lowest BCUT2D eigenvalue weighted by atomic mass is 9.33. The minimum absolute atomic E-state index is 0.0188. The maximum atomic E-state index is 2.66. The van der Waals surface area contributed by atoms with Crippen molar-refractivity contribution >= 4 is 172 Å². The Hall–Kier alpha value is -12.7. The number of hydrogen-bond donors (Lipinski definition) is 0. The molecule has 21 rings (SSSR count). The summed E-state index contributed by atoms with van der Waals surface area (Å²) < 4.78 is 0. The van der Waals surface area contributed by atoms with Crippen molar-refractivity contribution in [1.82, 2.24) is 0 Å². The van der Waals surface area contributed by atoms with Gasteiger partial charge in [0.25, 0.3) is 20.1 Å². The Bertz CT molecular complexity index is 6640. The Morgan fingerprint density at radius 1 is 0.139 bits per heavy atom. The SMILES string of the molecule is CC(C)(C)c1ccc(N2c3ccc(C(C)(C)C)cc3B3c4ccc(C(C)(c5ccc6c(c5)N(c5ccc(C(C)(C)C)cc5)c5cccc7c5B6c5cc(C(C)(C)C)ccc5N7c5ccc(C(C)(C)C)cc5)c5ccc6c(c5)N(c5ccc(C(C)(C)C)cc5)c5cccc7c5B6c5cc(C(C)(C)C)ccc5N7c5ccc(C(C)(C)C)cc5)cc4N(c4ccc(C(C)(C)C)cc4)c4cccc2c43)cc1. The smallest absolute Gasteiger partial charge is 0.252 e. The first-order valence-corrected chi connectivity index (χ1v) is 50.2. The van der Waals surface area contributed by atoms with E-state index < -0.39 is 5.41 Å². The second kappa shape index (κ2) is 31.4. The normalized spacial score (nSPS) is 14.6. The Balaban J connectivity index is 0.861. The fourth-order valence-electron chi connectivity index (χ4n) is 23.0. The molecular weight excluding hydrogens is 1650 g/mol. The van der Waals surface area contributed by atoms with Crippen molar-refractivity contribution in [2.24, 2.45) is 0 Å². The summed E-state index contributed by atoms with van der Waals surface area (Å²) in [6.45, 7) is 65.4. The summed E-state index contributed by atoms with van der Waals surface area (Å²) >= 11 is 0. The maximum absolute atomic E-state index is 2.66. The molecule has 0 spiro atoms. The molecule has 0 bridgehead atoms. The van der Waals surface area contributed by atoms with Crippen molar-refractivity contribution < 1.29 is 0 Å². The fourth-order valence-corrected chi connectivity index (χ4v) is 23.0. The number of benzene rings is 15. The third-order valence-corrected chi connectivity index (χ3v) is 31.3. The van der Waals surface area contributed by atoms with Gasteiger partial charge in [-0.25, -0.2) is 0 Å². The first kappa shape index (κ1) is 90.7. The molecule has 15 aromatic carbocycles. The second-order valence-electron chi connectivity index (χ2n) is 49.7. The third kappa shape index (κ3) is 15.0. The van der Waals surface area contributed by atoms with Gasteiger partial charge in [-0.1, -0.05) is 351 Å². The van der Waals surface area contributed by atoms with Crippen LogP contribution in [0.1, 0.15) is 261 Å². The largest absolute Gasteiger partial charge is 0.311 e. The van der Waals surface area contributed by atoms with E-state index in [1.54, 1.807) is 0 Å². The van der Waals surface area contributed by atoms with Crippen molar-refractivity contribution in [3.8, 4) is 0 Å². The molecule has 0 fully saturated rings. The Morgan fingerprint density at radius 2 is 0.299 bits per heavy atom. The van der Waals surface area contributed by atoms with Crippen LogP contribution in [0.5, 0.6) is 0 Å². The van der Waals surface area contributed by atoms with Gasteiger partial charge < -0.3 is 29.4 Å². The second-order valence-corrected chi connectivity index (χ2v) is 49.7. The van der Waals surface area contributed by atoms with E-state index in [2.05, 4.69) is 533 Å². The fraction of sp³-hybridized carbons (Fsp3) is 0.297. The number of fused-ring (bicyclic) bond motifs is 12.